The van der Waals surface area contributed by atoms with Crippen LogP contribution in [-0.2, 0) is 14.3 Å². The van der Waals surface area contributed by atoms with Gasteiger partial charge in [-0.3, -0.25) is 0 Å². The lowest BCUT2D eigenvalue weighted by Gasteiger charge is -2.05. The first-order valence-electron chi connectivity index (χ1n) is 6.65. The van der Waals surface area contributed by atoms with Crippen molar-refractivity contribution in [3.8, 4) is 0 Å². The predicted octanol–water partition coefficient (Wildman–Crippen LogP) is 3.95. The van der Waals surface area contributed by atoms with Crippen LogP contribution in [-0.4, -0.2) is 20.2 Å². The van der Waals surface area contributed by atoms with Crippen molar-refractivity contribution >= 4 is 22.3 Å². The van der Waals surface area contributed by atoms with E-state index in [2.05, 4.69) is 35.1 Å². The lowest BCUT2D eigenvalue weighted by atomic mass is 10.0. The van der Waals surface area contributed by atoms with Crippen molar-refractivity contribution in [1.82, 2.24) is 0 Å². The highest BCUT2D eigenvalue weighted by atomic mass is 16.6. The second kappa shape index (κ2) is 6.75. The highest BCUT2D eigenvalue weighted by molar-refractivity contribution is 5.88. The SMILES string of the molecule is COC(=O)/C(=C\C=C(/C)c1ccc2ccccc2c1)OC. The van der Waals surface area contributed by atoms with Crippen molar-refractivity contribution in [2.45, 2.75) is 6.92 Å². The second-order valence-electron chi connectivity index (χ2n) is 4.64. The van der Waals surface area contributed by atoms with Crippen LogP contribution >= 0.6 is 0 Å². The predicted molar refractivity (Wildman–Crippen MR) is 84.7 cm³/mol. The summed E-state index contributed by atoms with van der Waals surface area (Å²) in [4.78, 5) is 11.4. The summed E-state index contributed by atoms with van der Waals surface area (Å²) < 4.78 is 9.64. The number of fused-ring (bicyclic) bond motifs is 1. The molecule has 2 aromatic rings. The van der Waals surface area contributed by atoms with E-state index in [1.807, 2.05) is 25.1 Å². The summed E-state index contributed by atoms with van der Waals surface area (Å²) in [5.74, 6) is -0.308. The van der Waals surface area contributed by atoms with Crippen LogP contribution in [0.3, 0.4) is 0 Å². The van der Waals surface area contributed by atoms with E-state index in [-0.39, 0.29) is 5.76 Å². The Morgan fingerprint density at radius 3 is 2.33 bits per heavy atom. The van der Waals surface area contributed by atoms with E-state index < -0.39 is 5.97 Å². The van der Waals surface area contributed by atoms with E-state index in [0.29, 0.717) is 0 Å². The van der Waals surface area contributed by atoms with Gasteiger partial charge in [0.2, 0.25) is 5.76 Å². The van der Waals surface area contributed by atoms with Crippen LogP contribution in [0, 0.1) is 0 Å². The number of hydrogen-bond acceptors (Lipinski definition) is 3. The van der Waals surface area contributed by atoms with Crippen molar-refractivity contribution in [2.75, 3.05) is 14.2 Å². The van der Waals surface area contributed by atoms with Crippen LogP contribution in [0.4, 0.5) is 0 Å². The fourth-order valence-corrected chi connectivity index (χ4v) is 2.05. The molecule has 0 unspecified atom stereocenters. The van der Waals surface area contributed by atoms with Crippen molar-refractivity contribution in [3.05, 3.63) is 65.9 Å². The summed E-state index contributed by atoms with van der Waals surface area (Å²) in [6.07, 6.45) is 3.47. The third-order valence-electron chi connectivity index (χ3n) is 3.30. The summed E-state index contributed by atoms with van der Waals surface area (Å²) >= 11 is 0. The third-order valence-corrected chi connectivity index (χ3v) is 3.30. The van der Waals surface area contributed by atoms with Crippen molar-refractivity contribution in [2.24, 2.45) is 0 Å². The summed E-state index contributed by atoms with van der Waals surface area (Å²) in [5, 5.41) is 2.39. The van der Waals surface area contributed by atoms with Gasteiger partial charge < -0.3 is 9.47 Å². The summed E-state index contributed by atoms with van der Waals surface area (Å²) in [5.41, 5.74) is 2.14. The average molecular weight is 282 g/mol. The molecule has 0 saturated heterocycles. The minimum Gasteiger partial charge on any atom is -0.490 e. The molecular formula is C18H18O3. The normalized spacial score (nSPS) is 12.3. The minimum absolute atomic E-state index is 0.178. The molecule has 0 radical (unpaired) electrons. The molecule has 0 heterocycles. The molecule has 2 rings (SSSR count). The molecule has 0 spiro atoms. The van der Waals surface area contributed by atoms with E-state index in [4.69, 9.17) is 4.74 Å². The van der Waals surface area contributed by atoms with Crippen LogP contribution < -0.4 is 0 Å². The summed E-state index contributed by atoms with van der Waals surface area (Å²) in [7, 11) is 2.77. The van der Waals surface area contributed by atoms with Crippen LogP contribution in [0.5, 0.6) is 0 Å². The summed E-state index contributed by atoms with van der Waals surface area (Å²) in [6, 6.07) is 14.5. The van der Waals surface area contributed by atoms with Crippen molar-refractivity contribution in [1.29, 1.82) is 0 Å². The van der Waals surface area contributed by atoms with Gasteiger partial charge >= 0.3 is 5.97 Å². The first kappa shape index (κ1) is 14.9. The van der Waals surface area contributed by atoms with E-state index in [9.17, 15) is 4.79 Å². The molecule has 0 aromatic heterocycles. The number of carbonyl (C=O) groups is 1. The number of esters is 1. The van der Waals surface area contributed by atoms with Gasteiger partial charge in [0.05, 0.1) is 14.2 Å². The number of carbonyl (C=O) groups excluding carboxylic acids is 1. The molecule has 0 N–H and O–H groups in total. The van der Waals surface area contributed by atoms with E-state index in [1.165, 1.54) is 25.0 Å². The maximum atomic E-state index is 11.4. The van der Waals surface area contributed by atoms with E-state index in [1.54, 1.807) is 6.08 Å². The van der Waals surface area contributed by atoms with Crippen LogP contribution in [0.15, 0.2) is 60.4 Å². The Kier molecular flexibility index (Phi) is 4.77. The van der Waals surface area contributed by atoms with Gasteiger partial charge in [-0.15, -0.1) is 0 Å². The first-order chi connectivity index (χ1) is 10.2. The molecule has 2 aromatic carbocycles. The van der Waals surface area contributed by atoms with Gasteiger partial charge in [-0.1, -0.05) is 42.5 Å². The zero-order valence-corrected chi connectivity index (χ0v) is 12.4. The zero-order chi connectivity index (χ0) is 15.2. The fraction of sp³-hybridized carbons (Fsp3) is 0.167. The maximum absolute atomic E-state index is 11.4. The Morgan fingerprint density at radius 1 is 0.952 bits per heavy atom. The molecule has 0 aliphatic heterocycles. The van der Waals surface area contributed by atoms with Gasteiger partial charge in [-0.05, 0) is 41.0 Å². The second-order valence-corrected chi connectivity index (χ2v) is 4.64. The molecule has 0 amide bonds. The minimum atomic E-state index is -0.486. The Hall–Kier alpha value is -2.55. The van der Waals surface area contributed by atoms with E-state index >= 15 is 0 Å². The molecule has 0 bridgehead atoms. The van der Waals surface area contributed by atoms with E-state index in [0.717, 1.165) is 11.1 Å². The van der Waals surface area contributed by atoms with Gasteiger partial charge in [0.25, 0.3) is 0 Å². The molecule has 0 aliphatic rings. The zero-order valence-electron chi connectivity index (χ0n) is 12.4. The van der Waals surface area contributed by atoms with Gasteiger partial charge in [0.1, 0.15) is 0 Å². The van der Waals surface area contributed by atoms with Gasteiger partial charge in [-0.25, -0.2) is 4.79 Å². The first-order valence-corrected chi connectivity index (χ1v) is 6.65. The fourth-order valence-electron chi connectivity index (χ4n) is 2.05. The summed E-state index contributed by atoms with van der Waals surface area (Å²) in [6.45, 7) is 1.99. The molecule has 0 atom stereocenters. The molecule has 0 fully saturated rings. The number of benzene rings is 2. The van der Waals surface area contributed by atoms with Crippen LogP contribution in [0.2, 0.25) is 0 Å². The maximum Gasteiger partial charge on any atom is 0.373 e. The molecular weight excluding hydrogens is 264 g/mol. The molecule has 3 nitrogen and oxygen atoms in total. The lowest BCUT2D eigenvalue weighted by Crippen LogP contribution is -2.05. The number of methoxy groups -OCH3 is 2. The largest absolute Gasteiger partial charge is 0.490 e. The number of hydrogen-bond donors (Lipinski definition) is 0. The van der Waals surface area contributed by atoms with Crippen molar-refractivity contribution in [3.63, 3.8) is 0 Å². The number of rotatable bonds is 4. The van der Waals surface area contributed by atoms with Gasteiger partial charge in [0, 0.05) is 0 Å². The third kappa shape index (κ3) is 3.51. The Balaban J connectivity index is 2.32. The van der Waals surface area contributed by atoms with Crippen LogP contribution in [0.1, 0.15) is 12.5 Å². The van der Waals surface area contributed by atoms with Gasteiger partial charge in [-0.2, -0.15) is 0 Å². The molecule has 3 heteroatoms. The highest BCUT2D eigenvalue weighted by Gasteiger charge is 2.07. The monoisotopic (exact) mass is 282 g/mol. The Morgan fingerprint density at radius 2 is 1.67 bits per heavy atom. The molecule has 108 valence electrons. The average Bonchev–Trinajstić information content (AvgIpc) is 2.54. The molecule has 0 saturated carbocycles. The topological polar surface area (TPSA) is 35.5 Å². The number of allylic oxidation sites excluding steroid dienone is 3. The standard InChI is InChI=1S/C18H18O3/c1-13(8-11-17(20-2)18(19)21-3)15-10-9-14-6-4-5-7-16(14)12-15/h4-12H,1-3H3/b13-8+,17-11+. The molecule has 21 heavy (non-hydrogen) atoms. The Labute approximate surface area is 124 Å². The van der Waals surface area contributed by atoms with Crippen LogP contribution in [0.25, 0.3) is 16.3 Å². The quantitative estimate of drug-likeness (QED) is 0.369. The van der Waals surface area contributed by atoms with Crippen molar-refractivity contribution < 1.29 is 14.3 Å². The Bertz CT molecular complexity index is 711. The lowest BCUT2D eigenvalue weighted by molar-refractivity contribution is -0.139. The molecule has 0 aliphatic carbocycles. The highest BCUT2D eigenvalue weighted by Crippen LogP contribution is 2.21. The van der Waals surface area contributed by atoms with Gasteiger partial charge in [0.15, 0.2) is 0 Å². The number of ether oxygens (including phenoxy) is 2. The smallest absolute Gasteiger partial charge is 0.373 e.